The summed E-state index contributed by atoms with van der Waals surface area (Å²) in [6.45, 7) is 2.10. The molecule has 18 heavy (non-hydrogen) atoms. The molecule has 0 atom stereocenters. The first-order valence-corrected chi connectivity index (χ1v) is 6.96. The average Bonchev–Trinajstić information content (AvgIpc) is 2.46. The average molecular weight is 307 g/mol. The predicted molar refractivity (Wildman–Crippen MR) is 76.0 cm³/mol. The van der Waals surface area contributed by atoms with Crippen LogP contribution in [0.4, 0.5) is 0 Å². The number of aromatic nitrogens is 2. The quantitative estimate of drug-likeness (QED) is 0.809. The molecule has 0 aliphatic heterocycles. The van der Waals surface area contributed by atoms with Gasteiger partial charge < -0.3 is 4.74 Å². The number of alkyl halides is 1. The molecule has 1 aromatic heterocycles. The van der Waals surface area contributed by atoms with Crippen LogP contribution < -0.4 is 4.74 Å². The molecule has 2 rings (SSSR count). The van der Waals surface area contributed by atoms with Gasteiger partial charge in [-0.2, -0.15) is 0 Å². The first-order chi connectivity index (χ1) is 8.80. The minimum atomic E-state index is 0.717. The number of ether oxygens (including phenoxy) is 1. The van der Waals surface area contributed by atoms with Crippen molar-refractivity contribution in [2.75, 3.05) is 7.11 Å². The summed E-state index contributed by atoms with van der Waals surface area (Å²) in [5, 5.41) is 0.780. The molecule has 0 aliphatic rings. The number of benzene rings is 1. The third-order valence-electron chi connectivity index (χ3n) is 2.78. The lowest BCUT2D eigenvalue weighted by Gasteiger charge is -2.09. The molecule has 2 aromatic rings. The molecule has 0 saturated heterocycles. The van der Waals surface area contributed by atoms with Crippen molar-refractivity contribution in [2.24, 2.45) is 0 Å². The lowest BCUT2D eigenvalue weighted by molar-refractivity contribution is 0.416. The van der Waals surface area contributed by atoms with Gasteiger partial charge in [-0.15, -0.1) is 0 Å². The summed E-state index contributed by atoms with van der Waals surface area (Å²) in [4.78, 5) is 9.04. The monoisotopic (exact) mass is 306 g/mol. The van der Waals surface area contributed by atoms with Gasteiger partial charge in [0.2, 0.25) is 0 Å². The molecular formula is C14H15BrN2O. The molecule has 0 radical (unpaired) electrons. The van der Waals surface area contributed by atoms with Gasteiger partial charge in [0.25, 0.3) is 0 Å². The van der Waals surface area contributed by atoms with Gasteiger partial charge in [0.15, 0.2) is 5.82 Å². The maximum atomic E-state index is 5.34. The molecule has 4 heteroatoms. The minimum Gasteiger partial charge on any atom is -0.496 e. The van der Waals surface area contributed by atoms with E-state index in [0.717, 1.165) is 34.3 Å². The van der Waals surface area contributed by atoms with E-state index in [1.54, 1.807) is 7.11 Å². The molecule has 0 amide bonds. The number of para-hydroxylation sites is 1. The summed E-state index contributed by atoms with van der Waals surface area (Å²) in [6, 6.07) is 7.80. The maximum Gasteiger partial charge on any atom is 0.163 e. The van der Waals surface area contributed by atoms with Gasteiger partial charge in [-0.25, -0.2) is 9.97 Å². The highest BCUT2D eigenvalue weighted by atomic mass is 79.9. The highest BCUT2D eigenvalue weighted by Crippen LogP contribution is 2.27. The van der Waals surface area contributed by atoms with Crippen LogP contribution in [0.2, 0.25) is 0 Å². The second kappa shape index (κ2) is 5.96. The second-order valence-corrected chi connectivity index (χ2v) is 4.41. The van der Waals surface area contributed by atoms with Crippen molar-refractivity contribution in [3.05, 3.63) is 41.7 Å². The van der Waals surface area contributed by atoms with Crippen LogP contribution in [0.15, 0.2) is 30.5 Å². The molecule has 0 unspecified atom stereocenters. The summed E-state index contributed by atoms with van der Waals surface area (Å²) in [5.74, 6) is 1.51. The smallest absolute Gasteiger partial charge is 0.163 e. The van der Waals surface area contributed by atoms with Gasteiger partial charge in [-0.1, -0.05) is 35.0 Å². The van der Waals surface area contributed by atoms with Crippen LogP contribution >= 0.6 is 15.9 Å². The van der Waals surface area contributed by atoms with E-state index in [-0.39, 0.29) is 0 Å². The number of nitrogens with zero attached hydrogens (tertiary/aromatic N) is 2. The molecule has 0 aliphatic carbocycles. The molecule has 0 bridgehead atoms. The van der Waals surface area contributed by atoms with Crippen LogP contribution in [0.25, 0.3) is 11.4 Å². The third kappa shape index (κ3) is 2.53. The first kappa shape index (κ1) is 13.0. The molecule has 94 valence electrons. The first-order valence-electron chi connectivity index (χ1n) is 5.84. The van der Waals surface area contributed by atoms with Gasteiger partial charge >= 0.3 is 0 Å². The zero-order valence-electron chi connectivity index (χ0n) is 10.5. The van der Waals surface area contributed by atoms with E-state index < -0.39 is 0 Å². The third-order valence-corrected chi connectivity index (χ3v) is 3.39. The Morgan fingerprint density at radius 1 is 1.28 bits per heavy atom. The highest BCUT2D eigenvalue weighted by Gasteiger charge is 2.10. The van der Waals surface area contributed by atoms with Gasteiger partial charge in [-0.3, -0.25) is 0 Å². The van der Waals surface area contributed by atoms with Crippen molar-refractivity contribution in [3.8, 4) is 17.1 Å². The van der Waals surface area contributed by atoms with Crippen LogP contribution in [0.1, 0.15) is 18.2 Å². The number of hydrogen-bond donors (Lipinski definition) is 0. The summed E-state index contributed by atoms with van der Waals surface area (Å²) in [7, 11) is 1.66. The van der Waals surface area contributed by atoms with Crippen molar-refractivity contribution in [2.45, 2.75) is 18.7 Å². The molecule has 0 saturated carbocycles. The fraction of sp³-hybridized carbons (Fsp3) is 0.286. The number of rotatable bonds is 4. The van der Waals surface area contributed by atoms with E-state index in [2.05, 4.69) is 32.8 Å². The summed E-state index contributed by atoms with van der Waals surface area (Å²) in [5.41, 5.74) is 3.13. The van der Waals surface area contributed by atoms with E-state index in [0.29, 0.717) is 5.82 Å². The van der Waals surface area contributed by atoms with Crippen molar-refractivity contribution >= 4 is 15.9 Å². The maximum absolute atomic E-state index is 5.34. The lowest BCUT2D eigenvalue weighted by Crippen LogP contribution is -2.00. The zero-order chi connectivity index (χ0) is 13.0. The Kier molecular flexibility index (Phi) is 4.31. The van der Waals surface area contributed by atoms with Crippen LogP contribution in [0.5, 0.6) is 5.75 Å². The minimum absolute atomic E-state index is 0.717. The lowest BCUT2D eigenvalue weighted by atomic mass is 10.1. The predicted octanol–water partition coefficient (Wildman–Crippen LogP) is 3.61. The Morgan fingerprint density at radius 3 is 2.72 bits per heavy atom. The van der Waals surface area contributed by atoms with Crippen molar-refractivity contribution < 1.29 is 4.74 Å². The number of hydrogen-bond acceptors (Lipinski definition) is 3. The normalized spacial score (nSPS) is 10.4. The molecule has 1 heterocycles. The number of methoxy groups -OCH3 is 1. The van der Waals surface area contributed by atoms with E-state index in [9.17, 15) is 0 Å². The van der Waals surface area contributed by atoms with Gasteiger partial charge in [0.1, 0.15) is 5.75 Å². The van der Waals surface area contributed by atoms with E-state index >= 15 is 0 Å². The molecule has 1 aromatic carbocycles. The van der Waals surface area contributed by atoms with E-state index in [4.69, 9.17) is 4.74 Å². The molecule has 3 nitrogen and oxygen atoms in total. The van der Waals surface area contributed by atoms with Gasteiger partial charge in [-0.05, 0) is 18.6 Å². The van der Waals surface area contributed by atoms with Gasteiger partial charge in [0, 0.05) is 22.8 Å². The molecule has 0 fully saturated rings. The summed E-state index contributed by atoms with van der Waals surface area (Å²) < 4.78 is 5.34. The van der Waals surface area contributed by atoms with Crippen LogP contribution in [0.3, 0.4) is 0 Å². The van der Waals surface area contributed by atoms with Crippen molar-refractivity contribution in [1.29, 1.82) is 0 Å². The highest BCUT2D eigenvalue weighted by molar-refractivity contribution is 9.08. The van der Waals surface area contributed by atoms with Crippen LogP contribution in [0, 0.1) is 0 Å². The van der Waals surface area contributed by atoms with Crippen molar-refractivity contribution in [1.82, 2.24) is 9.97 Å². The fourth-order valence-electron chi connectivity index (χ4n) is 1.82. The SMILES string of the molecule is CCc1nc(-c2ccccc2OC)ncc1CBr. The zero-order valence-corrected chi connectivity index (χ0v) is 12.1. The number of aryl methyl sites for hydroxylation is 1. The van der Waals surface area contributed by atoms with E-state index in [1.165, 1.54) is 0 Å². The van der Waals surface area contributed by atoms with E-state index in [1.807, 2.05) is 30.5 Å². The largest absolute Gasteiger partial charge is 0.496 e. The summed E-state index contributed by atoms with van der Waals surface area (Å²) in [6.07, 6.45) is 2.77. The van der Waals surface area contributed by atoms with Gasteiger partial charge in [0.05, 0.1) is 12.7 Å². The molecular weight excluding hydrogens is 292 g/mol. The fourth-order valence-corrected chi connectivity index (χ4v) is 2.29. The Balaban J connectivity index is 2.51. The Bertz CT molecular complexity index is 543. The Labute approximate surface area is 115 Å². The standard InChI is InChI=1S/C14H15BrN2O/c1-3-12-10(8-15)9-16-14(17-12)11-6-4-5-7-13(11)18-2/h4-7,9H,3,8H2,1-2H3. The van der Waals surface area contributed by atoms with Crippen LogP contribution in [-0.4, -0.2) is 17.1 Å². The van der Waals surface area contributed by atoms with Crippen molar-refractivity contribution in [3.63, 3.8) is 0 Å². The molecule has 0 spiro atoms. The van der Waals surface area contributed by atoms with Crippen LogP contribution in [-0.2, 0) is 11.8 Å². The summed E-state index contributed by atoms with van der Waals surface area (Å²) >= 11 is 3.45. The topological polar surface area (TPSA) is 35.0 Å². The Hall–Kier alpha value is -1.42. The second-order valence-electron chi connectivity index (χ2n) is 3.85. The number of halogens is 1. The Morgan fingerprint density at radius 2 is 2.06 bits per heavy atom. The molecule has 0 N–H and O–H groups in total.